The van der Waals surface area contributed by atoms with Crippen molar-refractivity contribution >= 4 is 17.8 Å². The maximum absolute atomic E-state index is 12.8. The van der Waals surface area contributed by atoms with Crippen molar-refractivity contribution in [2.45, 2.75) is 92.8 Å². The summed E-state index contributed by atoms with van der Waals surface area (Å²) in [6.45, 7) is 15.9. The van der Waals surface area contributed by atoms with Crippen molar-refractivity contribution in [2.75, 3.05) is 0 Å². The molecule has 0 aromatic heterocycles. The Morgan fingerprint density at radius 3 is 1.97 bits per heavy atom. The summed E-state index contributed by atoms with van der Waals surface area (Å²) in [5.41, 5.74) is 0.349. The van der Waals surface area contributed by atoms with Crippen LogP contribution in [0.2, 0.25) is 0 Å². The molecule has 174 valence electrons. The molecule has 0 aliphatic carbocycles. The minimum Gasteiger partial charge on any atom is -0.445 e. The number of hydrogen-bond acceptors (Lipinski definition) is 4. The second kappa shape index (κ2) is 11.3. The van der Waals surface area contributed by atoms with Crippen LogP contribution in [0.25, 0.3) is 0 Å². The van der Waals surface area contributed by atoms with Crippen LogP contribution in [0.15, 0.2) is 30.3 Å². The van der Waals surface area contributed by atoms with Crippen molar-refractivity contribution in [3.8, 4) is 0 Å². The largest absolute Gasteiger partial charge is 0.445 e. The normalized spacial score (nSPS) is 14.0. The average Bonchev–Trinajstić information content (AvgIpc) is 2.67. The molecule has 1 aromatic rings. The number of Topliss-reactive ketones (excluding diaryl/α,β-unsaturated/α-hetero) is 1. The summed E-state index contributed by atoms with van der Waals surface area (Å²) in [6.07, 6.45) is 0.893. The van der Waals surface area contributed by atoms with E-state index >= 15 is 0 Å². The van der Waals surface area contributed by atoms with Gasteiger partial charge in [-0.25, -0.2) is 4.79 Å². The van der Waals surface area contributed by atoms with Crippen LogP contribution in [-0.4, -0.2) is 29.9 Å². The third kappa shape index (κ3) is 8.72. The molecule has 0 aliphatic heterocycles. The molecule has 0 spiro atoms. The highest BCUT2D eigenvalue weighted by molar-refractivity contribution is 6.38. The van der Waals surface area contributed by atoms with Crippen molar-refractivity contribution in [1.82, 2.24) is 10.6 Å². The van der Waals surface area contributed by atoms with Gasteiger partial charge in [0.1, 0.15) is 12.1 Å². The van der Waals surface area contributed by atoms with Gasteiger partial charge in [0.15, 0.2) is 0 Å². The first-order valence-electron chi connectivity index (χ1n) is 11.1. The fraction of sp³-hybridized carbons (Fsp3) is 0.640. The number of carbonyl (C=O) groups is 3. The molecule has 0 fully saturated rings. The van der Waals surface area contributed by atoms with Gasteiger partial charge in [-0.2, -0.15) is 0 Å². The van der Waals surface area contributed by atoms with Gasteiger partial charge in [-0.3, -0.25) is 9.59 Å². The Hall–Kier alpha value is -2.37. The Balaban J connectivity index is 2.87. The van der Waals surface area contributed by atoms with Gasteiger partial charge in [0, 0.05) is 0 Å². The fourth-order valence-corrected chi connectivity index (χ4v) is 3.86. The molecule has 6 nitrogen and oxygen atoms in total. The predicted molar refractivity (Wildman–Crippen MR) is 124 cm³/mol. The number of benzene rings is 1. The van der Waals surface area contributed by atoms with E-state index in [2.05, 4.69) is 10.6 Å². The molecule has 0 radical (unpaired) electrons. The molecular weight excluding hydrogens is 392 g/mol. The first kappa shape index (κ1) is 26.7. The van der Waals surface area contributed by atoms with Crippen LogP contribution in [-0.2, 0) is 14.3 Å². The lowest BCUT2D eigenvalue weighted by Gasteiger charge is -2.39. The summed E-state index contributed by atoms with van der Waals surface area (Å²) >= 11 is 0. The number of ketones is 1. The summed E-state index contributed by atoms with van der Waals surface area (Å²) in [5, 5.41) is 5.38. The van der Waals surface area contributed by atoms with Gasteiger partial charge >= 0.3 is 6.09 Å². The third-order valence-corrected chi connectivity index (χ3v) is 5.12. The van der Waals surface area contributed by atoms with Crippen molar-refractivity contribution in [1.29, 1.82) is 0 Å². The molecule has 31 heavy (non-hydrogen) atoms. The van der Waals surface area contributed by atoms with Gasteiger partial charge in [-0.15, -0.1) is 0 Å². The highest BCUT2D eigenvalue weighted by atomic mass is 16.6. The highest BCUT2D eigenvalue weighted by Crippen LogP contribution is 2.36. The molecule has 6 heteroatoms. The summed E-state index contributed by atoms with van der Waals surface area (Å²) in [5.74, 6) is -1.36. The van der Waals surface area contributed by atoms with Crippen LogP contribution in [0.5, 0.6) is 0 Å². The number of rotatable bonds is 9. The molecule has 2 amide bonds. The summed E-state index contributed by atoms with van der Waals surface area (Å²) in [7, 11) is 0. The molecule has 0 saturated carbocycles. The van der Waals surface area contributed by atoms with E-state index in [1.54, 1.807) is 0 Å². The molecule has 0 unspecified atom stereocenters. The summed E-state index contributed by atoms with van der Waals surface area (Å²) in [4.78, 5) is 38.1. The van der Waals surface area contributed by atoms with Gasteiger partial charge < -0.3 is 15.4 Å². The van der Waals surface area contributed by atoms with E-state index in [-0.39, 0.29) is 23.0 Å². The van der Waals surface area contributed by atoms with Crippen LogP contribution in [0, 0.1) is 10.8 Å². The van der Waals surface area contributed by atoms with Crippen LogP contribution in [0.1, 0.15) is 86.3 Å². The van der Waals surface area contributed by atoms with E-state index in [0.717, 1.165) is 12.0 Å². The third-order valence-electron chi connectivity index (χ3n) is 5.12. The molecule has 0 bridgehead atoms. The van der Waals surface area contributed by atoms with Crippen LogP contribution in [0.4, 0.5) is 4.79 Å². The maximum Gasteiger partial charge on any atom is 0.408 e. The number of carbonyl (C=O) groups excluding carboxylic acids is 3. The first-order chi connectivity index (χ1) is 14.3. The van der Waals surface area contributed by atoms with Crippen LogP contribution < -0.4 is 10.6 Å². The molecule has 0 saturated heterocycles. The maximum atomic E-state index is 12.8. The second-order valence-electron chi connectivity index (χ2n) is 10.3. The van der Waals surface area contributed by atoms with Crippen LogP contribution >= 0.6 is 0 Å². The minimum absolute atomic E-state index is 0.277. The van der Waals surface area contributed by atoms with E-state index in [0.29, 0.717) is 12.8 Å². The number of ether oxygens (including phenoxy) is 1. The first-order valence-corrected chi connectivity index (χ1v) is 11.1. The molecule has 0 aliphatic rings. The Kier molecular flexibility index (Phi) is 9.72. The van der Waals surface area contributed by atoms with E-state index in [1.165, 1.54) is 0 Å². The minimum atomic E-state index is -0.920. The van der Waals surface area contributed by atoms with Crippen molar-refractivity contribution in [3.63, 3.8) is 0 Å². The topological polar surface area (TPSA) is 84.5 Å². The Labute approximate surface area is 187 Å². The molecular formula is C25H40N2O4. The zero-order valence-corrected chi connectivity index (χ0v) is 20.4. The van der Waals surface area contributed by atoms with E-state index in [4.69, 9.17) is 4.74 Å². The van der Waals surface area contributed by atoms with E-state index in [1.807, 2.05) is 85.7 Å². The van der Waals surface area contributed by atoms with Gasteiger partial charge in [-0.1, -0.05) is 91.6 Å². The summed E-state index contributed by atoms with van der Waals surface area (Å²) in [6, 6.07) is 8.18. The van der Waals surface area contributed by atoms with Gasteiger partial charge in [0.2, 0.25) is 5.78 Å². The fourth-order valence-electron chi connectivity index (χ4n) is 3.86. The molecule has 0 heterocycles. The lowest BCUT2D eigenvalue weighted by atomic mass is 9.74. The van der Waals surface area contributed by atoms with Gasteiger partial charge in [0.25, 0.3) is 5.91 Å². The molecule has 1 aromatic carbocycles. The van der Waals surface area contributed by atoms with Crippen molar-refractivity contribution < 1.29 is 19.1 Å². The number of amides is 2. The highest BCUT2D eigenvalue weighted by Gasteiger charge is 2.39. The van der Waals surface area contributed by atoms with Crippen molar-refractivity contribution in [3.05, 3.63) is 35.9 Å². The monoisotopic (exact) mass is 432 g/mol. The number of hydrogen-bond donors (Lipinski definition) is 2. The van der Waals surface area contributed by atoms with Crippen molar-refractivity contribution in [2.24, 2.45) is 10.8 Å². The molecule has 2 N–H and O–H groups in total. The molecule has 1 rings (SSSR count). The lowest BCUT2D eigenvalue weighted by molar-refractivity contribution is -0.139. The number of nitrogens with one attached hydrogen (secondary N) is 2. The molecule has 2 atom stereocenters. The van der Waals surface area contributed by atoms with Crippen LogP contribution in [0.3, 0.4) is 0 Å². The van der Waals surface area contributed by atoms with Gasteiger partial charge in [-0.05, 0) is 29.7 Å². The predicted octanol–water partition coefficient (Wildman–Crippen LogP) is 5.18. The van der Waals surface area contributed by atoms with E-state index in [9.17, 15) is 14.4 Å². The Morgan fingerprint density at radius 1 is 0.935 bits per heavy atom. The second-order valence-corrected chi connectivity index (χ2v) is 10.3. The number of unbranched alkanes of at least 4 members (excludes halogenated alkanes) is 1. The zero-order chi connectivity index (χ0) is 23.8. The summed E-state index contributed by atoms with van der Waals surface area (Å²) < 4.78 is 5.74. The quantitative estimate of drug-likeness (QED) is 0.527. The van der Waals surface area contributed by atoms with E-state index < -0.39 is 23.8 Å². The average molecular weight is 433 g/mol. The standard InChI is InChI=1S/C25H40N2O4/c1-9-10-16-19(27-23(30)31-22(24(3,4)5)25(6,7)8)20(28)21(29)26-17(2)18-14-12-11-13-15-18/h11-15,17,19,22H,9-10,16H2,1-8H3,(H,26,29)(H,27,30)/t17-,19+/m1/s1. The zero-order valence-electron chi connectivity index (χ0n) is 20.4. The Bertz CT molecular complexity index is 718. The smallest absolute Gasteiger partial charge is 0.408 e. The van der Waals surface area contributed by atoms with Gasteiger partial charge in [0.05, 0.1) is 6.04 Å². The SMILES string of the molecule is CCCC[C@H](NC(=O)OC(C(C)(C)C)C(C)(C)C)C(=O)C(=O)N[C@H](C)c1ccccc1. The number of alkyl carbamates (subject to hydrolysis) is 1. The lowest BCUT2D eigenvalue weighted by Crippen LogP contribution is -2.50. The Morgan fingerprint density at radius 2 is 1.48 bits per heavy atom.